The Labute approximate surface area is 144 Å². The molecule has 0 aliphatic carbocycles. The van der Waals surface area contributed by atoms with Crippen molar-refractivity contribution in [2.75, 3.05) is 29.6 Å². The van der Waals surface area contributed by atoms with Crippen LogP contribution in [0.2, 0.25) is 0 Å². The van der Waals surface area contributed by atoms with Gasteiger partial charge in [-0.2, -0.15) is 15.0 Å². The van der Waals surface area contributed by atoms with Crippen molar-refractivity contribution < 1.29 is 0 Å². The standard InChI is InChI=1S/C18H28N6/c1-12(2)16-21-17(23-18(22-16)24(5)6)19-11-14-8-7-9-15(10-14)20-13(3)4/h7-10,12-13,20H,11H2,1-6H3,(H,19,21,22,23). The molecule has 1 aromatic carbocycles. The minimum absolute atomic E-state index is 0.255. The van der Waals surface area contributed by atoms with E-state index in [0.29, 0.717) is 24.5 Å². The summed E-state index contributed by atoms with van der Waals surface area (Å²) in [6.07, 6.45) is 0. The van der Waals surface area contributed by atoms with E-state index >= 15 is 0 Å². The fraction of sp³-hybridized carbons (Fsp3) is 0.500. The van der Waals surface area contributed by atoms with Gasteiger partial charge in [0, 0.05) is 38.3 Å². The molecule has 2 rings (SSSR count). The maximum absolute atomic E-state index is 4.53. The van der Waals surface area contributed by atoms with Crippen LogP contribution >= 0.6 is 0 Å². The molecule has 1 heterocycles. The summed E-state index contributed by atoms with van der Waals surface area (Å²) in [6, 6.07) is 8.78. The Bertz CT molecular complexity index is 640. The van der Waals surface area contributed by atoms with Gasteiger partial charge in [0.05, 0.1) is 0 Å². The van der Waals surface area contributed by atoms with Crippen molar-refractivity contribution in [2.24, 2.45) is 0 Å². The van der Waals surface area contributed by atoms with Crippen molar-refractivity contribution in [3.8, 4) is 0 Å². The fourth-order valence-corrected chi connectivity index (χ4v) is 2.20. The zero-order valence-corrected chi connectivity index (χ0v) is 15.5. The van der Waals surface area contributed by atoms with Gasteiger partial charge in [-0.3, -0.25) is 0 Å². The first-order valence-electron chi connectivity index (χ1n) is 8.37. The number of nitrogens with one attached hydrogen (secondary N) is 2. The first-order valence-corrected chi connectivity index (χ1v) is 8.37. The van der Waals surface area contributed by atoms with Crippen molar-refractivity contribution in [3.63, 3.8) is 0 Å². The highest BCUT2D eigenvalue weighted by molar-refractivity contribution is 5.47. The van der Waals surface area contributed by atoms with Gasteiger partial charge in [-0.15, -0.1) is 0 Å². The predicted molar refractivity (Wildman–Crippen MR) is 101 cm³/mol. The third kappa shape index (κ3) is 5.08. The molecule has 130 valence electrons. The summed E-state index contributed by atoms with van der Waals surface area (Å²) in [5.74, 6) is 2.34. The highest BCUT2D eigenvalue weighted by Crippen LogP contribution is 2.16. The SMILES string of the molecule is CC(C)Nc1cccc(CNc2nc(C(C)C)nc(N(C)C)n2)c1. The number of benzene rings is 1. The molecular weight excluding hydrogens is 300 g/mol. The molecule has 24 heavy (non-hydrogen) atoms. The quantitative estimate of drug-likeness (QED) is 0.811. The lowest BCUT2D eigenvalue weighted by molar-refractivity contribution is 0.754. The molecule has 0 spiro atoms. The highest BCUT2D eigenvalue weighted by atomic mass is 15.3. The molecule has 0 aliphatic rings. The Kier molecular flexibility index (Phi) is 5.95. The van der Waals surface area contributed by atoms with E-state index in [1.54, 1.807) is 0 Å². The molecule has 2 N–H and O–H groups in total. The average Bonchev–Trinajstić information content (AvgIpc) is 2.52. The zero-order chi connectivity index (χ0) is 17.7. The van der Waals surface area contributed by atoms with Crippen LogP contribution in [0.15, 0.2) is 24.3 Å². The minimum Gasteiger partial charge on any atom is -0.383 e. The van der Waals surface area contributed by atoms with Gasteiger partial charge in [0.1, 0.15) is 5.82 Å². The van der Waals surface area contributed by atoms with E-state index < -0.39 is 0 Å². The second kappa shape index (κ2) is 7.95. The normalized spacial score (nSPS) is 11.0. The van der Waals surface area contributed by atoms with E-state index in [1.807, 2.05) is 19.0 Å². The number of hydrogen-bond donors (Lipinski definition) is 2. The summed E-state index contributed by atoms with van der Waals surface area (Å²) in [4.78, 5) is 15.4. The van der Waals surface area contributed by atoms with Crippen LogP contribution in [0.1, 0.15) is 45.0 Å². The molecule has 0 saturated carbocycles. The number of nitrogens with zero attached hydrogens (tertiary/aromatic N) is 4. The number of aromatic nitrogens is 3. The Morgan fingerprint density at radius 2 is 1.79 bits per heavy atom. The topological polar surface area (TPSA) is 66.0 Å². The molecule has 1 aromatic heterocycles. The van der Waals surface area contributed by atoms with E-state index in [2.05, 4.69) is 77.5 Å². The Hall–Kier alpha value is -2.37. The van der Waals surface area contributed by atoms with Gasteiger partial charge in [-0.1, -0.05) is 26.0 Å². The van der Waals surface area contributed by atoms with Crippen molar-refractivity contribution in [1.82, 2.24) is 15.0 Å². The first-order chi connectivity index (χ1) is 11.3. The van der Waals surface area contributed by atoms with Crippen molar-refractivity contribution in [1.29, 1.82) is 0 Å². The van der Waals surface area contributed by atoms with Crippen LogP contribution in [0.5, 0.6) is 0 Å². The second-order valence-electron chi connectivity index (χ2n) is 6.72. The number of anilines is 3. The summed E-state index contributed by atoms with van der Waals surface area (Å²) in [5.41, 5.74) is 2.30. The third-order valence-electron chi connectivity index (χ3n) is 3.39. The molecule has 6 heteroatoms. The lowest BCUT2D eigenvalue weighted by Gasteiger charge is -2.15. The van der Waals surface area contributed by atoms with Gasteiger partial charge in [0.25, 0.3) is 0 Å². The lowest BCUT2D eigenvalue weighted by Crippen LogP contribution is -2.17. The molecule has 0 saturated heterocycles. The van der Waals surface area contributed by atoms with E-state index in [-0.39, 0.29) is 5.92 Å². The van der Waals surface area contributed by atoms with E-state index in [1.165, 1.54) is 5.56 Å². The highest BCUT2D eigenvalue weighted by Gasteiger charge is 2.11. The van der Waals surface area contributed by atoms with Gasteiger partial charge in [0.2, 0.25) is 11.9 Å². The van der Waals surface area contributed by atoms with Crippen LogP contribution < -0.4 is 15.5 Å². The molecule has 0 unspecified atom stereocenters. The summed E-state index contributed by atoms with van der Waals surface area (Å²) in [5, 5.41) is 6.73. The molecule has 2 aromatic rings. The van der Waals surface area contributed by atoms with Crippen LogP contribution in [-0.4, -0.2) is 35.1 Å². The first kappa shape index (κ1) is 18.0. The van der Waals surface area contributed by atoms with Crippen molar-refractivity contribution >= 4 is 17.6 Å². The average molecular weight is 328 g/mol. The summed E-state index contributed by atoms with van der Waals surface area (Å²) >= 11 is 0. The number of rotatable bonds is 7. The monoisotopic (exact) mass is 328 g/mol. The van der Waals surface area contributed by atoms with Gasteiger partial charge >= 0.3 is 0 Å². The number of hydrogen-bond acceptors (Lipinski definition) is 6. The summed E-state index contributed by atoms with van der Waals surface area (Å²) < 4.78 is 0. The van der Waals surface area contributed by atoms with E-state index in [0.717, 1.165) is 11.5 Å². The Balaban J connectivity index is 2.14. The van der Waals surface area contributed by atoms with Gasteiger partial charge in [-0.05, 0) is 31.5 Å². The predicted octanol–water partition coefficient (Wildman–Crippen LogP) is 3.49. The molecule has 0 bridgehead atoms. The van der Waals surface area contributed by atoms with E-state index in [9.17, 15) is 0 Å². The van der Waals surface area contributed by atoms with Crippen LogP contribution in [-0.2, 0) is 6.54 Å². The second-order valence-corrected chi connectivity index (χ2v) is 6.72. The Morgan fingerprint density at radius 1 is 1.04 bits per heavy atom. The minimum atomic E-state index is 0.255. The fourth-order valence-electron chi connectivity index (χ4n) is 2.20. The lowest BCUT2D eigenvalue weighted by atomic mass is 10.2. The third-order valence-corrected chi connectivity index (χ3v) is 3.39. The summed E-state index contributed by atoms with van der Waals surface area (Å²) in [6.45, 7) is 9.10. The van der Waals surface area contributed by atoms with Gasteiger partial charge in [-0.25, -0.2) is 0 Å². The van der Waals surface area contributed by atoms with Crippen molar-refractivity contribution in [2.45, 2.75) is 46.2 Å². The molecule has 0 radical (unpaired) electrons. The van der Waals surface area contributed by atoms with Crippen LogP contribution in [0, 0.1) is 0 Å². The molecule has 0 aliphatic heterocycles. The molecule has 0 amide bonds. The maximum atomic E-state index is 4.53. The smallest absolute Gasteiger partial charge is 0.229 e. The van der Waals surface area contributed by atoms with Gasteiger partial charge < -0.3 is 15.5 Å². The molecule has 0 atom stereocenters. The molecular formula is C18H28N6. The van der Waals surface area contributed by atoms with Crippen LogP contribution in [0.4, 0.5) is 17.6 Å². The zero-order valence-electron chi connectivity index (χ0n) is 15.5. The molecule has 0 fully saturated rings. The maximum Gasteiger partial charge on any atom is 0.229 e. The van der Waals surface area contributed by atoms with E-state index in [4.69, 9.17) is 0 Å². The van der Waals surface area contributed by atoms with Crippen LogP contribution in [0.3, 0.4) is 0 Å². The van der Waals surface area contributed by atoms with Gasteiger partial charge in [0.15, 0.2) is 0 Å². The molecule has 6 nitrogen and oxygen atoms in total. The largest absolute Gasteiger partial charge is 0.383 e. The Morgan fingerprint density at radius 3 is 2.42 bits per heavy atom. The van der Waals surface area contributed by atoms with Crippen molar-refractivity contribution in [3.05, 3.63) is 35.7 Å². The van der Waals surface area contributed by atoms with Crippen LogP contribution in [0.25, 0.3) is 0 Å². The summed E-state index contributed by atoms with van der Waals surface area (Å²) in [7, 11) is 3.87.